The molecular formula is C11H15N3O3S2. The molecule has 0 aliphatic heterocycles. The molecule has 0 aliphatic carbocycles. The standard InChI is InChI=1S/C11H15N3O3S2/c1-2-4-14-7-10(6-9(14)8-15)19(16,17)13-11-12-3-5-18-11/h3,5-7,15H,2,4,8H2,1H3,(H,12,13). The molecule has 2 aromatic heterocycles. The minimum absolute atomic E-state index is 0.139. The lowest BCUT2D eigenvalue weighted by Gasteiger charge is -2.04. The van der Waals surface area contributed by atoms with Crippen LogP contribution < -0.4 is 4.72 Å². The Labute approximate surface area is 115 Å². The molecule has 0 aromatic carbocycles. The summed E-state index contributed by atoms with van der Waals surface area (Å²) in [5.74, 6) is 0. The van der Waals surface area contributed by atoms with Crippen molar-refractivity contribution < 1.29 is 13.5 Å². The maximum absolute atomic E-state index is 12.1. The van der Waals surface area contributed by atoms with Crippen molar-refractivity contribution in [2.24, 2.45) is 0 Å². The van der Waals surface area contributed by atoms with Crippen molar-refractivity contribution >= 4 is 26.5 Å². The second-order valence-electron chi connectivity index (χ2n) is 3.96. The fraction of sp³-hybridized carbons (Fsp3) is 0.364. The first-order valence-electron chi connectivity index (χ1n) is 5.79. The molecule has 0 atom stereocenters. The molecule has 0 fully saturated rings. The number of aryl methyl sites for hydroxylation is 1. The third kappa shape index (κ3) is 3.14. The minimum Gasteiger partial charge on any atom is -0.390 e. The third-order valence-electron chi connectivity index (χ3n) is 2.55. The van der Waals surface area contributed by atoms with Crippen molar-refractivity contribution in [3.8, 4) is 0 Å². The van der Waals surface area contributed by atoms with E-state index in [2.05, 4.69) is 9.71 Å². The Bertz CT molecular complexity index is 632. The van der Waals surface area contributed by atoms with Gasteiger partial charge in [0.25, 0.3) is 10.0 Å². The minimum atomic E-state index is -3.65. The van der Waals surface area contributed by atoms with Gasteiger partial charge >= 0.3 is 0 Å². The molecule has 2 rings (SSSR count). The smallest absolute Gasteiger partial charge is 0.265 e. The van der Waals surface area contributed by atoms with Crippen LogP contribution in [-0.4, -0.2) is 23.1 Å². The Morgan fingerprint density at radius 1 is 1.53 bits per heavy atom. The van der Waals surface area contributed by atoms with Crippen LogP contribution in [-0.2, 0) is 23.2 Å². The number of thiazole rings is 1. The van der Waals surface area contributed by atoms with Crippen LogP contribution in [0.25, 0.3) is 0 Å². The van der Waals surface area contributed by atoms with Gasteiger partial charge in [0, 0.05) is 30.0 Å². The third-order valence-corrected chi connectivity index (χ3v) is 4.68. The fourth-order valence-electron chi connectivity index (χ4n) is 1.70. The van der Waals surface area contributed by atoms with Crippen molar-refractivity contribution in [3.63, 3.8) is 0 Å². The molecule has 0 amide bonds. The number of nitrogens with one attached hydrogen (secondary N) is 1. The Hall–Kier alpha value is -1.38. The Kier molecular flexibility index (Phi) is 4.23. The molecule has 2 N–H and O–H groups in total. The summed E-state index contributed by atoms with van der Waals surface area (Å²) in [5.41, 5.74) is 0.585. The number of sulfonamides is 1. The van der Waals surface area contributed by atoms with Gasteiger partial charge in [-0.15, -0.1) is 11.3 Å². The highest BCUT2D eigenvalue weighted by atomic mass is 32.2. The van der Waals surface area contributed by atoms with Gasteiger partial charge in [-0.05, 0) is 12.5 Å². The maximum Gasteiger partial charge on any atom is 0.265 e. The van der Waals surface area contributed by atoms with Crippen LogP contribution in [0.3, 0.4) is 0 Å². The lowest BCUT2D eigenvalue weighted by molar-refractivity contribution is 0.270. The van der Waals surface area contributed by atoms with Crippen LogP contribution in [0.4, 0.5) is 5.13 Å². The van der Waals surface area contributed by atoms with Crippen LogP contribution in [0, 0.1) is 0 Å². The Morgan fingerprint density at radius 2 is 2.32 bits per heavy atom. The monoisotopic (exact) mass is 301 g/mol. The van der Waals surface area contributed by atoms with Gasteiger partial charge in [0.05, 0.1) is 6.61 Å². The number of hydrogen-bond donors (Lipinski definition) is 2. The molecule has 0 unspecified atom stereocenters. The Morgan fingerprint density at radius 3 is 2.89 bits per heavy atom. The molecule has 0 bridgehead atoms. The first-order chi connectivity index (χ1) is 9.06. The van der Waals surface area contributed by atoms with Crippen molar-refractivity contribution in [1.82, 2.24) is 9.55 Å². The molecule has 2 heterocycles. The number of aliphatic hydroxyl groups is 1. The molecule has 0 aliphatic rings. The van der Waals surface area contributed by atoms with E-state index in [1.807, 2.05) is 6.92 Å². The summed E-state index contributed by atoms with van der Waals surface area (Å²) < 4.78 is 28.4. The average molecular weight is 301 g/mol. The van der Waals surface area contributed by atoms with Crippen molar-refractivity contribution in [2.75, 3.05) is 4.72 Å². The molecular weight excluding hydrogens is 286 g/mol. The van der Waals surface area contributed by atoms with Gasteiger partial charge in [0.15, 0.2) is 5.13 Å². The highest BCUT2D eigenvalue weighted by Crippen LogP contribution is 2.20. The summed E-state index contributed by atoms with van der Waals surface area (Å²) in [6, 6.07) is 1.48. The first kappa shape index (κ1) is 14.0. The normalized spacial score (nSPS) is 11.7. The van der Waals surface area contributed by atoms with E-state index < -0.39 is 10.0 Å². The van der Waals surface area contributed by atoms with Crippen LogP contribution in [0.15, 0.2) is 28.7 Å². The summed E-state index contributed by atoms with van der Waals surface area (Å²) in [6.07, 6.45) is 3.93. The van der Waals surface area contributed by atoms with Gasteiger partial charge in [0.2, 0.25) is 0 Å². The number of anilines is 1. The van der Waals surface area contributed by atoms with E-state index in [9.17, 15) is 13.5 Å². The zero-order valence-electron chi connectivity index (χ0n) is 10.4. The first-order valence-corrected chi connectivity index (χ1v) is 8.15. The van der Waals surface area contributed by atoms with E-state index in [4.69, 9.17) is 0 Å². The molecule has 0 radical (unpaired) electrons. The lowest BCUT2D eigenvalue weighted by atomic mass is 10.4. The number of nitrogens with zero attached hydrogens (tertiary/aromatic N) is 2. The molecule has 6 nitrogen and oxygen atoms in total. The van der Waals surface area contributed by atoms with Gasteiger partial charge in [-0.25, -0.2) is 13.4 Å². The van der Waals surface area contributed by atoms with Crippen molar-refractivity contribution in [3.05, 3.63) is 29.5 Å². The van der Waals surface area contributed by atoms with E-state index in [-0.39, 0.29) is 11.5 Å². The van der Waals surface area contributed by atoms with Gasteiger partial charge < -0.3 is 9.67 Å². The SMILES string of the molecule is CCCn1cc(S(=O)(=O)Nc2nccs2)cc1CO. The summed E-state index contributed by atoms with van der Waals surface area (Å²) in [6.45, 7) is 2.47. The van der Waals surface area contributed by atoms with Crippen molar-refractivity contribution in [2.45, 2.75) is 31.4 Å². The lowest BCUT2D eigenvalue weighted by Crippen LogP contribution is -2.12. The molecule has 2 aromatic rings. The Balaban J connectivity index is 2.30. The molecule has 0 saturated carbocycles. The highest BCUT2D eigenvalue weighted by Gasteiger charge is 2.19. The molecule has 104 valence electrons. The van der Waals surface area contributed by atoms with Gasteiger partial charge in [-0.1, -0.05) is 6.92 Å². The van der Waals surface area contributed by atoms with Crippen LogP contribution >= 0.6 is 11.3 Å². The highest BCUT2D eigenvalue weighted by molar-refractivity contribution is 7.93. The second kappa shape index (κ2) is 5.72. The number of aromatic nitrogens is 2. The molecule has 0 saturated heterocycles. The second-order valence-corrected chi connectivity index (χ2v) is 6.54. The predicted octanol–water partition coefficient (Wildman–Crippen LogP) is 1.65. The van der Waals surface area contributed by atoms with E-state index in [0.29, 0.717) is 17.4 Å². The number of rotatable bonds is 6. The predicted molar refractivity (Wildman–Crippen MR) is 73.6 cm³/mol. The molecule has 8 heteroatoms. The van der Waals surface area contributed by atoms with Crippen molar-refractivity contribution in [1.29, 1.82) is 0 Å². The topological polar surface area (TPSA) is 84.2 Å². The molecule has 0 spiro atoms. The largest absolute Gasteiger partial charge is 0.390 e. The van der Waals surface area contributed by atoms with Crippen LogP contribution in [0.1, 0.15) is 19.0 Å². The van der Waals surface area contributed by atoms with E-state index >= 15 is 0 Å². The van der Waals surface area contributed by atoms with Gasteiger partial charge in [-0.3, -0.25) is 4.72 Å². The molecule has 19 heavy (non-hydrogen) atoms. The summed E-state index contributed by atoms with van der Waals surface area (Å²) in [7, 11) is -3.65. The maximum atomic E-state index is 12.1. The summed E-state index contributed by atoms with van der Waals surface area (Å²) >= 11 is 1.21. The van der Waals surface area contributed by atoms with Gasteiger partial charge in [-0.2, -0.15) is 0 Å². The van der Waals surface area contributed by atoms with E-state index in [0.717, 1.165) is 6.42 Å². The van der Waals surface area contributed by atoms with Gasteiger partial charge in [0.1, 0.15) is 4.90 Å². The summed E-state index contributed by atoms with van der Waals surface area (Å²) in [4.78, 5) is 4.02. The average Bonchev–Trinajstić information content (AvgIpc) is 2.98. The fourth-order valence-corrected chi connectivity index (χ4v) is 3.55. The van der Waals surface area contributed by atoms with E-state index in [1.165, 1.54) is 29.8 Å². The quantitative estimate of drug-likeness (QED) is 0.849. The summed E-state index contributed by atoms with van der Waals surface area (Å²) in [5, 5.41) is 11.3. The van der Waals surface area contributed by atoms with Crippen LogP contribution in [0.5, 0.6) is 0 Å². The number of hydrogen-bond acceptors (Lipinski definition) is 5. The van der Waals surface area contributed by atoms with Crippen LogP contribution in [0.2, 0.25) is 0 Å². The number of aliphatic hydroxyl groups excluding tert-OH is 1. The zero-order chi connectivity index (χ0) is 13.9. The zero-order valence-corrected chi connectivity index (χ0v) is 12.0. The van der Waals surface area contributed by atoms with E-state index in [1.54, 1.807) is 9.95 Å².